The van der Waals surface area contributed by atoms with Crippen LogP contribution in [0, 0.1) is 0 Å². The van der Waals surface area contributed by atoms with Gasteiger partial charge in [-0.15, -0.1) is 0 Å². The van der Waals surface area contributed by atoms with Gasteiger partial charge < -0.3 is 5.11 Å². The molecule has 0 saturated heterocycles. The molecule has 0 saturated carbocycles. The number of aromatic hydroxyl groups is 1. The van der Waals surface area contributed by atoms with Gasteiger partial charge in [-0.3, -0.25) is 23.4 Å². The zero-order valence-corrected chi connectivity index (χ0v) is 29.1. The maximum absolute atomic E-state index is 15.3. The predicted octanol–water partition coefficient (Wildman–Crippen LogP) is 9.12. The van der Waals surface area contributed by atoms with Crippen molar-refractivity contribution >= 4 is 38.0 Å². The van der Waals surface area contributed by atoms with Gasteiger partial charge in [-0.2, -0.15) is 13.2 Å². The molecule has 0 aliphatic rings. The second-order valence-corrected chi connectivity index (χ2v) is 14.5. The minimum Gasteiger partial charge on any atom is -0.508 e. The lowest BCUT2D eigenvalue weighted by atomic mass is 9.71. The van der Waals surface area contributed by atoms with Gasteiger partial charge in [0.1, 0.15) is 11.2 Å². The molecular weight excluding hydrogens is 629 g/mol. The van der Waals surface area contributed by atoms with E-state index < -0.39 is 39.2 Å². The van der Waals surface area contributed by atoms with Gasteiger partial charge in [0.05, 0.1) is 27.2 Å². The molecule has 258 valence electrons. The van der Waals surface area contributed by atoms with Crippen molar-refractivity contribution in [3.05, 3.63) is 102 Å². The van der Waals surface area contributed by atoms with Gasteiger partial charge in [0.25, 0.3) is 16.7 Å². The van der Waals surface area contributed by atoms with Crippen molar-refractivity contribution in [1.82, 2.24) is 8.97 Å². The average Bonchev–Trinajstić information content (AvgIpc) is 3.66. The molecule has 6 nitrogen and oxygen atoms in total. The van der Waals surface area contributed by atoms with Gasteiger partial charge in [0, 0.05) is 21.9 Å². The topological polar surface area (TPSA) is 80.8 Å². The second-order valence-electron chi connectivity index (χ2n) is 14.5. The summed E-state index contributed by atoms with van der Waals surface area (Å²) >= 11 is 0. The predicted molar refractivity (Wildman–Crippen MR) is 191 cm³/mol. The minimum atomic E-state index is -4.73. The molecule has 0 bridgehead atoms. The van der Waals surface area contributed by atoms with Gasteiger partial charge in [-0.25, -0.2) is 0 Å². The number of rotatable bonds is 10. The summed E-state index contributed by atoms with van der Waals surface area (Å²) in [5.74, 6) is -0.0361. The number of fused-ring (bicyclic) bond motifs is 6. The van der Waals surface area contributed by atoms with E-state index in [0.717, 1.165) is 19.8 Å². The van der Waals surface area contributed by atoms with Gasteiger partial charge in [0.2, 0.25) is 0 Å². The minimum absolute atomic E-state index is 0.00843. The standard InChI is InChI=1S/C40H43F3N2O4/c1-8-16-37(5,10-3)30-19-24(14-15-33(30)46)39(7,40(41,42)43)25-13-12-23-18-32-26-21-28-29(22-27(26)34(47)44(32)31(23)20-25)36(49)45(35(28)48)38(6,11-4)17-9-2/h12-15,18-22,46H,8-11,16-17H2,1-7H3. The maximum Gasteiger partial charge on any atom is 0.402 e. The summed E-state index contributed by atoms with van der Waals surface area (Å²) in [5, 5.41) is 12.5. The summed E-state index contributed by atoms with van der Waals surface area (Å²) in [6, 6.07) is 13.4. The molecule has 0 aliphatic carbocycles. The fraction of sp³-hybridized carbons (Fsp3) is 0.425. The summed E-state index contributed by atoms with van der Waals surface area (Å²) in [5.41, 5.74) is -3.80. The first-order valence-corrected chi connectivity index (χ1v) is 17.2. The van der Waals surface area contributed by atoms with Crippen LogP contribution in [-0.4, -0.2) is 20.3 Å². The smallest absolute Gasteiger partial charge is 0.402 e. The lowest BCUT2D eigenvalue weighted by Gasteiger charge is -2.36. The number of phenols is 1. The Morgan fingerprint density at radius 3 is 1.80 bits per heavy atom. The molecule has 49 heavy (non-hydrogen) atoms. The van der Waals surface area contributed by atoms with E-state index >= 15 is 13.2 Å². The normalized spacial score (nSPS) is 16.4. The van der Waals surface area contributed by atoms with Crippen molar-refractivity contribution in [3.63, 3.8) is 0 Å². The summed E-state index contributed by atoms with van der Waals surface area (Å²) in [6.07, 6.45) is -0.577. The van der Waals surface area contributed by atoms with Crippen LogP contribution in [0.4, 0.5) is 13.2 Å². The van der Waals surface area contributed by atoms with E-state index in [4.69, 9.17) is 0 Å². The molecule has 0 aliphatic heterocycles. The van der Waals surface area contributed by atoms with Crippen LogP contribution in [0.15, 0.2) is 69.0 Å². The number of benzene rings is 3. The monoisotopic (exact) mass is 672 g/mol. The van der Waals surface area contributed by atoms with Gasteiger partial charge in [-0.05, 0) is 86.4 Å². The van der Waals surface area contributed by atoms with Gasteiger partial charge >= 0.3 is 6.18 Å². The Hall–Kier alpha value is -4.40. The number of phenolic OH excluding ortho intramolecular Hbond substituents is 1. The Labute approximate surface area is 282 Å². The van der Waals surface area contributed by atoms with Gasteiger partial charge in [-0.1, -0.05) is 71.7 Å². The van der Waals surface area contributed by atoms with Crippen LogP contribution in [0.25, 0.3) is 38.0 Å². The second kappa shape index (κ2) is 11.6. The Morgan fingerprint density at radius 2 is 1.22 bits per heavy atom. The first-order valence-electron chi connectivity index (χ1n) is 17.2. The summed E-state index contributed by atoms with van der Waals surface area (Å²) in [4.78, 5) is 41.3. The van der Waals surface area contributed by atoms with Crippen LogP contribution in [0.5, 0.6) is 5.75 Å². The Kier molecular flexibility index (Phi) is 8.16. The fourth-order valence-corrected chi connectivity index (χ4v) is 8.08. The lowest BCUT2D eigenvalue weighted by Crippen LogP contribution is -2.42. The summed E-state index contributed by atoms with van der Waals surface area (Å²) < 4.78 is 48.7. The van der Waals surface area contributed by atoms with Crippen molar-refractivity contribution in [2.75, 3.05) is 0 Å². The van der Waals surface area contributed by atoms with Crippen LogP contribution in [-0.2, 0) is 16.4 Å². The highest BCUT2D eigenvalue weighted by atomic mass is 19.4. The molecule has 0 spiro atoms. The van der Waals surface area contributed by atoms with Crippen LogP contribution < -0.4 is 16.7 Å². The molecule has 6 aromatic rings. The largest absolute Gasteiger partial charge is 0.508 e. The van der Waals surface area contributed by atoms with Crippen LogP contribution in [0.3, 0.4) is 0 Å². The van der Waals surface area contributed by atoms with E-state index in [1.807, 2.05) is 41.5 Å². The van der Waals surface area contributed by atoms with Crippen LogP contribution in [0.1, 0.15) is 104 Å². The number of halogens is 3. The van der Waals surface area contributed by atoms with Crippen molar-refractivity contribution in [2.45, 2.75) is 110 Å². The molecule has 3 unspecified atom stereocenters. The molecule has 1 N–H and O–H groups in total. The van der Waals surface area contributed by atoms with Crippen molar-refractivity contribution in [3.8, 4) is 5.75 Å². The van der Waals surface area contributed by atoms with E-state index in [0.29, 0.717) is 53.1 Å². The number of hydrogen-bond acceptors (Lipinski definition) is 4. The van der Waals surface area contributed by atoms with E-state index in [2.05, 4.69) is 0 Å². The molecule has 3 heterocycles. The number of aromatic nitrogens is 2. The number of hydrogen-bond donors (Lipinski definition) is 1. The first kappa shape index (κ1) is 34.5. The number of alkyl halides is 3. The van der Waals surface area contributed by atoms with E-state index in [9.17, 15) is 19.5 Å². The molecule has 0 radical (unpaired) electrons. The highest BCUT2D eigenvalue weighted by Crippen LogP contribution is 2.49. The highest BCUT2D eigenvalue weighted by molar-refractivity contribution is 6.09. The zero-order valence-electron chi connectivity index (χ0n) is 29.1. The first-order chi connectivity index (χ1) is 23.0. The quantitative estimate of drug-likeness (QED) is 0.157. The third-order valence-electron chi connectivity index (χ3n) is 11.6. The molecular formula is C40H43F3N2O4. The molecule has 3 aromatic carbocycles. The van der Waals surface area contributed by atoms with Crippen molar-refractivity contribution in [1.29, 1.82) is 0 Å². The molecule has 3 aromatic heterocycles. The fourth-order valence-electron chi connectivity index (χ4n) is 8.08. The Morgan fingerprint density at radius 1 is 0.653 bits per heavy atom. The Bertz CT molecular complexity index is 2410. The zero-order chi connectivity index (χ0) is 35.8. The average molecular weight is 673 g/mol. The van der Waals surface area contributed by atoms with Gasteiger partial charge in [0.15, 0.2) is 0 Å². The Balaban J connectivity index is 1.59. The molecule has 9 heteroatoms. The third kappa shape index (κ3) is 4.86. The lowest BCUT2D eigenvalue weighted by molar-refractivity contribution is -0.173. The van der Waals surface area contributed by atoms with E-state index in [1.165, 1.54) is 45.4 Å². The molecule has 3 atom stereocenters. The number of nitrogens with zero attached hydrogens (tertiary/aromatic N) is 2. The summed E-state index contributed by atoms with van der Waals surface area (Å²) in [7, 11) is 0. The SMILES string of the molecule is CCCC(C)(CC)c1cc(C(C)(c2ccc3cc4c5cc6c(=O)n(C(C)(CC)CCC)c(=O)c6cc5c(=O)n4c3c2)C(F)(F)F)ccc1O. The van der Waals surface area contributed by atoms with E-state index in [1.54, 1.807) is 18.2 Å². The van der Waals surface area contributed by atoms with Crippen molar-refractivity contribution < 1.29 is 18.3 Å². The van der Waals surface area contributed by atoms with Crippen LogP contribution in [0.2, 0.25) is 0 Å². The highest BCUT2D eigenvalue weighted by Gasteiger charge is 2.54. The third-order valence-corrected chi connectivity index (χ3v) is 11.6. The molecule has 0 amide bonds. The molecule has 0 fully saturated rings. The summed E-state index contributed by atoms with van der Waals surface area (Å²) in [6.45, 7) is 12.9. The maximum atomic E-state index is 15.3. The van der Waals surface area contributed by atoms with Crippen molar-refractivity contribution in [2.24, 2.45) is 0 Å². The van der Waals surface area contributed by atoms with Crippen LogP contribution >= 0.6 is 0 Å². The van der Waals surface area contributed by atoms with E-state index in [-0.39, 0.29) is 33.0 Å². The molecule has 6 rings (SSSR count).